The number of carbonyl (C=O) groups excluding carboxylic acids is 1. The van der Waals surface area contributed by atoms with Crippen LogP contribution >= 0.6 is 11.8 Å². The second kappa shape index (κ2) is 8.04. The van der Waals surface area contributed by atoms with Crippen LogP contribution in [0.25, 0.3) is 0 Å². The number of hydrogen-bond acceptors (Lipinski definition) is 5. The van der Waals surface area contributed by atoms with E-state index in [1.165, 1.54) is 0 Å². The van der Waals surface area contributed by atoms with Crippen LogP contribution in [-0.2, 0) is 4.74 Å². The van der Waals surface area contributed by atoms with Crippen LogP contribution in [0.1, 0.15) is 30.6 Å². The molecule has 112 valence electrons. The first-order valence-corrected chi connectivity index (χ1v) is 8.23. The third kappa shape index (κ3) is 3.82. The summed E-state index contributed by atoms with van der Waals surface area (Å²) < 4.78 is 5.04. The number of rotatable bonds is 7. The number of nitrogens with zero attached hydrogens (tertiary/aromatic N) is 1. The summed E-state index contributed by atoms with van der Waals surface area (Å²) in [5.41, 5.74) is 7.97. The molecule has 0 saturated carbocycles. The minimum atomic E-state index is -0.363. The summed E-state index contributed by atoms with van der Waals surface area (Å²) in [5, 5.41) is 0. The molecule has 20 heavy (non-hydrogen) atoms. The monoisotopic (exact) mass is 296 g/mol. The van der Waals surface area contributed by atoms with Gasteiger partial charge in [-0.3, -0.25) is 0 Å². The predicted molar refractivity (Wildman–Crippen MR) is 87.7 cm³/mol. The van der Waals surface area contributed by atoms with Gasteiger partial charge in [0.25, 0.3) is 0 Å². The van der Waals surface area contributed by atoms with Gasteiger partial charge in [0, 0.05) is 18.8 Å². The highest BCUT2D eigenvalue weighted by molar-refractivity contribution is 7.98. The Bertz CT molecular complexity index is 451. The van der Waals surface area contributed by atoms with E-state index in [9.17, 15) is 4.79 Å². The van der Waals surface area contributed by atoms with Crippen molar-refractivity contribution in [1.29, 1.82) is 0 Å². The normalized spacial score (nSPS) is 12.0. The SMILES string of the molecule is CCOC(=O)c1cccc(N(C)C(CC)CSC)c1N. The summed E-state index contributed by atoms with van der Waals surface area (Å²) in [5.74, 6) is 0.661. The van der Waals surface area contributed by atoms with Crippen LogP contribution in [0.5, 0.6) is 0 Å². The van der Waals surface area contributed by atoms with Crippen LogP contribution in [0.4, 0.5) is 11.4 Å². The maximum Gasteiger partial charge on any atom is 0.340 e. The van der Waals surface area contributed by atoms with Crippen molar-refractivity contribution >= 4 is 29.1 Å². The Morgan fingerprint density at radius 1 is 1.45 bits per heavy atom. The number of hydrogen-bond donors (Lipinski definition) is 1. The van der Waals surface area contributed by atoms with E-state index >= 15 is 0 Å². The molecular formula is C15H24N2O2S. The molecule has 0 heterocycles. The first kappa shape index (κ1) is 16.7. The number of nitrogen functional groups attached to an aromatic ring is 1. The molecule has 2 N–H and O–H groups in total. The number of anilines is 2. The van der Waals surface area contributed by atoms with Crippen molar-refractivity contribution in [3.63, 3.8) is 0 Å². The molecule has 1 aromatic carbocycles. The molecule has 0 aliphatic rings. The molecule has 0 aliphatic heterocycles. The Morgan fingerprint density at radius 3 is 2.70 bits per heavy atom. The smallest absolute Gasteiger partial charge is 0.340 e. The second-order valence-electron chi connectivity index (χ2n) is 4.59. The van der Waals surface area contributed by atoms with E-state index in [1.54, 1.807) is 13.0 Å². The fourth-order valence-corrected chi connectivity index (χ4v) is 2.98. The van der Waals surface area contributed by atoms with E-state index in [2.05, 4.69) is 18.1 Å². The first-order chi connectivity index (χ1) is 9.56. The second-order valence-corrected chi connectivity index (χ2v) is 5.50. The summed E-state index contributed by atoms with van der Waals surface area (Å²) in [6.07, 6.45) is 3.12. The first-order valence-electron chi connectivity index (χ1n) is 6.84. The maximum atomic E-state index is 11.9. The molecule has 0 bridgehead atoms. The molecule has 1 atom stereocenters. The Kier molecular flexibility index (Phi) is 6.71. The van der Waals surface area contributed by atoms with Gasteiger partial charge in [0.05, 0.1) is 23.5 Å². The molecule has 0 radical (unpaired) electrons. The van der Waals surface area contributed by atoms with Crippen LogP contribution in [0, 0.1) is 0 Å². The van der Waals surface area contributed by atoms with Gasteiger partial charge in [-0.05, 0) is 31.7 Å². The molecule has 1 aromatic rings. The fourth-order valence-electron chi connectivity index (χ4n) is 2.14. The van der Waals surface area contributed by atoms with Gasteiger partial charge in [-0.2, -0.15) is 11.8 Å². The number of thioether (sulfide) groups is 1. The molecule has 0 aromatic heterocycles. The molecule has 4 nitrogen and oxygen atoms in total. The minimum absolute atomic E-state index is 0.350. The number of nitrogens with two attached hydrogens (primary N) is 1. The Hall–Kier alpha value is -1.36. The quantitative estimate of drug-likeness (QED) is 0.619. The highest BCUT2D eigenvalue weighted by Crippen LogP contribution is 2.29. The number of para-hydroxylation sites is 1. The average Bonchev–Trinajstić information content (AvgIpc) is 2.44. The largest absolute Gasteiger partial charge is 0.462 e. The van der Waals surface area contributed by atoms with Crippen molar-refractivity contribution < 1.29 is 9.53 Å². The predicted octanol–water partition coefficient (Wildman–Crippen LogP) is 3.02. The lowest BCUT2D eigenvalue weighted by Gasteiger charge is -2.30. The van der Waals surface area contributed by atoms with Gasteiger partial charge in [0.2, 0.25) is 0 Å². The molecule has 0 spiro atoms. The van der Waals surface area contributed by atoms with Crippen molar-refractivity contribution in [2.45, 2.75) is 26.3 Å². The van der Waals surface area contributed by atoms with Gasteiger partial charge in [-0.15, -0.1) is 0 Å². The maximum absolute atomic E-state index is 11.9. The zero-order valence-electron chi connectivity index (χ0n) is 12.7. The Labute approximate surface area is 125 Å². The molecular weight excluding hydrogens is 272 g/mol. The standard InChI is InChI=1S/C15H24N2O2S/c1-5-11(10-20-4)17(3)13-9-7-8-12(14(13)16)15(18)19-6-2/h7-9,11H,5-6,10,16H2,1-4H3. The Morgan fingerprint density at radius 2 is 2.15 bits per heavy atom. The van der Waals surface area contributed by atoms with E-state index < -0.39 is 0 Å². The summed E-state index contributed by atoms with van der Waals surface area (Å²) in [6, 6.07) is 5.89. The fraction of sp³-hybridized carbons (Fsp3) is 0.533. The lowest BCUT2D eigenvalue weighted by atomic mass is 10.1. The van der Waals surface area contributed by atoms with Crippen molar-refractivity contribution in [3.05, 3.63) is 23.8 Å². The van der Waals surface area contributed by atoms with E-state index in [4.69, 9.17) is 10.5 Å². The third-order valence-corrected chi connectivity index (χ3v) is 4.05. The lowest BCUT2D eigenvalue weighted by molar-refractivity contribution is 0.0527. The summed E-state index contributed by atoms with van der Waals surface area (Å²) in [4.78, 5) is 14.0. The molecule has 1 rings (SSSR count). The van der Waals surface area contributed by atoms with Gasteiger partial charge in [-0.1, -0.05) is 13.0 Å². The molecule has 0 saturated heterocycles. The number of carbonyl (C=O) groups is 1. The molecule has 5 heteroatoms. The zero-order valence-corrected chi connectivity index (χ0v) is 13.5. The molecule has 0 aliphatic carbocycles. The average molecular weight is 296 g/mol. The van der Waals surface area contributed by atoms with E-state index in [0.29, 0.717) is 23.9 Å². The lowest BCUT2D eigenvalue weighted by Crippen LogP contribution is -2.34. The van der Waals surface area contributed by atoms with Crippen LogP contribution in [-0.4, -0.2) is 37.7 Å². The van der Waals surface area contributed by atoms with Crippen LogP contribution in [0.3, 0.4) is 0 Å². The molecule has 1 unspecified atom stereocenters. The van der Waals surface area contributed by atoms with E-state index in [1.807, 2.05) is 30.9 Å². The zero-order chi connectivity index (χ0) is 15.1. The van der Waals surface area contributed by atoms with Crippen molar-refractivity contribution in [1.82, 2.24) is 0 Å². The highest BCUT2D eigenvalue weighted by Gasteiger charge is 2.19. The van der Waals surface area contributed by atoms with Gasteiger partial charge in [0.1, 0.15) is 0 Å². The topological polar surface area (TPSA) is 55.6 Å². The number of esters is 1. The van der Waals surface area contributed by atoms with Crippen molar-refractivity contribution in [2.75, 3.05) is 36.3 Å². The summed E-state index contributed by atoms with van der Waals surface area (Å²) in [7, 11) is 2.02. The minimum Gasteiger partial charge on any atom is -0.462 e. The third-order valence-electron chi connectivity index (χ3n) is 3.34. The van der Waals surface area contributed by atoms with Gasteiger partial charge in [0.15, 0.2) is 0 Å². The summed E-state index contributed by atoms with van der Waals surface area (Å²) >= 11 is 1.81. The number of ether oxygens (including phenoxy) is 1. The molecule has 0 fully saturated rings. The van der Waals surface area contributed by atoms with Gasteiger partial charge >= 0.3 is 5.97 Å². The van der Waals surface area contributed by atoms with Gasteiger partial charge in [-0.25, -0.2) is 4.79 Å². The van der Waals surface area contributed by atoms with E-state index in [-0.39, 0.29) is 5.97 Å². The van der Waals surface area contributed by atoms with Crippen LogP contribution < -0.4 is 10.6 Å². The Balaban J connectivity index is 3.06. The molecule has 0 amide bonds. The van der Waals surface area contributed by atoms with Crippen molar-refractivity contribution in [3.8, 4) is 0 Å². The summed E-state index contributed by atoms with van der Waals surface area (Å²) in [6.45, 7) is 4.29. The van der Waals surface area contributed by atoms with Crippen LogP contribution in [0.15, 0.2) is 18.2 Å². The van der Waals surface area contributed by atoms with Crippen molar-refractivity contribution in [2.24, 2.45) is 0 Å². The number of benzene rings is 1. The van der Waals surface area contributed by atoms with Crippen LogP contribution in [0.2, 0.25) is 0 Å². The highest BCUT2D eigenvalue weighted by atomic mass is 32.2. The van der Waals surface area contributed by atoms with Gasteiger partial charge < -0.3 is 15.4 Å². The van der Waals surface area contributed by atoms with E-state index in [0.717, 1.165) is 17.9 Å².